The minimum absolute atomic E-state index is 0.0215. The zero-order chi connectivity index (χ0) is 15.1. The summed E-state index contributed by atoms with van der Waals surface area (Å²) in [6.07, 6.45) is 2.33. The lowest BCUT2D eigenvalue weighted by atomic mass is 9.96. The van der Waals surface area contributed by atoms with Crippen LogP contribution < -0.4 is 11.1 Å². The third-order valence-electron chi connectivity index (χ3n) is 3.85. The van der Waals surface area contributed by atoms with E-state index < -0.39 is 0 Å². The summed E-state index contributed by atoms with van der Waals surface area (Å²) in [7, 11) is 0. The van der Waals surface area contributed by atoms with Crippen molar-refractivity contribution >= 4 is 11.9 Å². The number of halogens is 1. The third kappa shape index (κ3) is 2.11. The summed E-state index contributed by atoms with van der Waals surface area (Å²) < 4.78 is 20.4. The van der Waals surface area contributed by atoms with E-state index in [0.29, 0.717) is 12.4 Å². The molecule has 1 aromatic carbocycles. The van der Waals surface area contributed by atoms with Gasteiger partial charge in [-0.3, -0.25) is 0 Å². The number of hydrogen-bond acceptors (Lipinski definition) is 5. The molecule has 2 aromatic heterocycles. The molecule has 3 heterocycles. The molecule has 22 heavy (non-hydrogen) atoms. The molecule has 7 heteroatoms. The van der Waals surface area contributed by atoms with E-state index in [4.69, 9.17) is 10.2 Å². The van der Waals surface area contributed by atoms with Crippen LogP contribution in [0.15, 0.2) is 47.1 Å². The quantitative estimate of drug-likeness (QED) is 0.760. The average molecular weight is 299 g/mol. The van der Waals surface area contributed by atoms with Crippen molar-refractivity contribution in [2.24, 2.45) is 0 Å². The van der Waals surface area contributed by atoms with Gasteiger partial charge in [-0.15, -0.1) is 5.10 Å². The molecule has 6 nitrogen and oxygen atoms in total. The highest BCUT2D eigenvalue weighted by atomic mass is 19.1. The summed E-state index contributed by atoms with van der Waals surface area (Å²) in [6.45, 7) is 0. The molecule has 0 unspecified atom stereocenters. The fraction of sp³-hybridized carbons (Fsp3) is 0.200. The Morgan fingerprint density at radius 2 is 2.09 bits per heavy atom. The molecule has 4 rings (SSSR count). The van der Waals surface area contributed by atoms with Crippen molar-refractivity contribution in [3.05, 3.63) is 59.8 Å². The van der Waals surface area contributed by atoms with Crippen LogP contribution in [-0.4, -0.2) is 14.8 Å². The summed E-state index contributed by atoms with van der Waals surface area (Å²) in [5.74, 6) is 1.33. The summed E-state index contributed by atoms with van der Waals surface area (Å²) in [6, 6.07) is 10.0. The number of nitrogen functional groups attached to an aromatic ring is 1. The Morgan fingerprint density at radius 1 is 1.27 bits per heavy atom. The predicted octanol–water partition coefficient (Wildman–Crippen LogP) is 2.74. The first-order valence-electron chi connectivity index (χ1n) is 6.98. The molecule has 112 valence electrons. The Kier molecular flexibility index (Phi) is 2.85. The number of nitrogens with zero attached hydrogens (tertiary/aromatic N) is 3. The minimum Gasteiger partial charge on any atom is -0.467 e. The largest absolute Gasteiger partial charge is 0.467 e. The number of nitrogens with one attached hydrogen (secondary N) is 1. The van der Waals surface area contributed by atoms with E-state index in [1.54, 1.807) is 23.1 Å². The fourth-order valence-corrected chi connectivity index (χ4v) is 2.83. The molecular weight excluding hydrogens is 285 g/mol. The van der Waals surface area contributed by atoms with Gasteiger partial charge in [0.1, 0.15) is 17.6 Å². The molecule has 0 amide bonds. The number of nitrogens with two attached hydrogens (primary N) is 1. The highest BCUT2D eigenvalue weighted by Crippen LogP contribution is 2.37. The summed E-state index contributed by atoms with van der Waals surface area (Å²) in [5, 5.41) is 7.52. The zero-order valence-corrected chi connectivity index (χ0v) is 11.6. The Balaban J connectivity index is 1.74. The molecule has 0 bridgehead atoms. The second kappa shape index (κ2) is 4.87. The third-order valence-corrected chi connectivity index (χ3v) is 3.85. The normalized spacial score (nSPS) is 20.4. The van der Waals surface area contributed by atoms with E-state index in [9.17, 15) is 4.39 Å². The van der Waals surface area contributed by atoms with Gasteiger partial charge in [-0.2, -0.15) is 4.98 Å². The Bertz CT molecular complexity index is 781. The molecule has 2 atom stereocenters. The Labute approximate surface area is 125 Å². The van der Waals surface area contributed by atoms with E-state index in [1.165, 1.54) is 12.1 Å². The number of hydrogen-bond donors (Lipinski definition) is 2. The number of benzene rings is 1. The van der Waals surface area contributed by atoms with Gasteiger partial charge in [0.2, 0.25) is 11.9 Å². The minimum atomic E-state index is -0.255. The van der Waals surface area contributed by atoms with Crippen LogP contribution in [0.1, 0.15) is 29.8 Å². The lowest BCUT2D eigenvalue weighted by Crippen LogP contribution is -2.27. The van der Waals surface area contributed by atoms with Crippen molar-refractivity contribution in [2.45, 2.75) is 18.5 Å². The van der Waals surface area contributed by atoms with Crippen molar-refractivity contribution < 1.29 is 8.81 Å². The zero-order valence-electron chi connectivity index (χ0n) is 11.6. The van der Waals surface area contributed by atoms with Crippen LogP contribution in [0, 0.1) is 5.82 Å². The topological polar surface area (TPSA) is 81.9 Å². The van der Waals surface area contributed by atoms with Crippen LogP contribution in [0.25, 0.3) is 0 Å². The molecule has 0 radical (unpaired) electrons. The molecule has 3 N–H and O–H groups in total. The van der Waals surface area contributed by atoms with Crippen LogP contribution in [0.4, 0.5) is 16.3 Å². The first-order valence-corrected chi connectivity index (χ1v) is 6.98. The number of rotatable bonds is 2. The van der Waals surface area contributed by atoms with Crippen LogP contribution in [0.2, 0.25) is 0 Å². The summed E-state index contributed by atoms with van der Waals surface area (Å²) in [5.41, 5.74) is 6.69. The lowest BCUT2D eigenvalue weighted by Gasteiger charge is -2.30. The van der Waals surface area contributed by atoms with Gasteiger partial charge in [-0.1, -0.05) is 12.1 Å². The molecule has 3 aromatic rings. The van der Waals surface area contributed by atoms with Crippen LogP contribution >= 0.6 is 0 Å². The standard InChI is InChI=1S/C15H14FN5O/c16-10-5-3-9(4-6-10)11-8-12(13-2-1-7-22-13)21-15(18-11)19-14(17)20-21/h1-7,11-12H,8H2,(H3,17,18,19,20)/t11-,12+/m1/s1. The van der Waals surface area contributed by atoms with Crippen LogP contribution in [-0.2, 0) is 0 Å². The second-order valence-corrected chi connectivity index (χ2v) is 5.25. The summed E-state index contributed by atoms with van der Waals surface area (Å²) in [4.78, 5) is 4.21. The highest BCUT2D eigenvalue weighted by molar-refractivity contribution is 5.40. The number of fused-ring (bicyclic) bond motifs is 1. The van der Waals surface area contributed by atoms with E-state index in [-0.39, 0.29) is 23.8 Å². The van der Waals surface area contributed by atoms with E-state index in [1.807, 2.05) is 12.1 Å². The number of anilines is 2. The van der Waals surface area contributed by atoms with Gasteiger partial charge < -0.3 is 15.5 Å². The average Bonchev–Trinajstić information content (AvgIpc) is 3.15. The maximum Gasteiger partial charge on any atom is 0.241 e. The van der Waals surface area contributed by atoms with Gasteiger partial charge in [0.15, 0.2) is 0 Å². The first-order chi connectivity index (χ1) is 10.7. The van der Waals surface area contributed by atoms with Gasteiger partial charge >= 0.3 is 0 Å². The summed E-state index contributed by atoms with van der Waals surface area (Å²) >= 11 is 0. The molecule has 0 fully saturated rings. The highest BCUT2D eigenvalue weighted by Gasteiger charge is 2.32. The maximum absolute atomic E-state index is 13.1. The molecule has 0 aliphatic carbocycles. The number of aromatic nitrogens is 3. The molecular formula is C15H14FN5O. The molecule has 0 saturated carbocycles. The molecule has 0 spiro atoms. The smallest absolute Gasteiger partial charge is 0.241 e. The van der Waals surface area contributed by atoms with Crippen molar-refractivity contribution in [1.29, 1.82) is 0 Å². The monoisotopic (exact) mass is 299 g/mol. The van der Waals surface area contributed by atoms with E-state index in [2.05, 4.69) is 15.4 Å². The molecule has 0 saturated heterocycles. The lowest BCUT2D eigenvalue weighted by molar-refractivity contribution is 0.359. The van der Waals surface area contributed by atoms with Gasteiger partial charge in [0.05, 0.1) is 12.3 Å². The predicted molar refractivity (Wildman–Crippen MR) is 78.7 cm³/mol. The maximum atomic E-state index is 13.1. The van der Waals surface area contributed by atoms with Gasteiger partial charge in [-0.05, 0) is 29.8 Å². The van der Waals surface area contributed by atoms with Crippen molar-refractivity contribution in [1.82, 2.24) is 14.8 Å². The Hall–Kier alpha value is -2.83. The van der Waals surface area contributed by atoms with Crippen LogP contribution in [0.3, 0.4) is 0 Å². The van der Waals surface area contributed by atoms with Crippen molar-refractivity contribution in [3.8, 4) is 0 Å². The second-order valence-electron chi connectivity index (χ2n) is 5.25. The molecule has 1 aliphatic rings. The van der Waals surface area contributed by atoms with Gasteiger partial charge in [-0.25, -0.2) is 9.07 Å². The van der Waals surface area contributed by atoms with E-state index >= 15 is 0 Å². The van der Waals surface area contributed by atoms with Gasteiger partial charge in [0.25, 0.3) is 0 Å². The van der Waals surface area contributed by atoms with Crippen molar-refractivity contribution in [3.63, 3.8) is 0 Å². The van der Waals surface area contributed by atoms with Gasteiger partial charge in [0, 0.05) is 6.42 Å². The first kappa shape index (κ1) is 12.9. The van der Waals surface area contributed by atoms with Crippen LogP contribution in [0.5, 0.6) is 0 Å². The van der Waals surface area contributed by atoms with E-state index in [0.717, 1.165) is 11.3 Å². The van der Waals surface area contributed by atoms with Crippen molar-refractivity contribution in [2.75, 3.05) is 11.1 Å². The fourth-order valence-electron chi connectivity index (χ4n) is 2.83. The SMILES string of the molecule is Nc1nc2n(n1)[C@H](c1ccco1)C[C@H](c1ccc(F)cc1)N2. The number of furan rings is 1. The molecule has 1 aliphatic heterocycles. The Morgan fingerprint density at radius 3 is 2.82 bits per heavy atom.